The van der Waals surface area contributed by atoms with Gasteiger partial charge in [0.25, 0.3) is 0 Å². The van der Waals surface area contributed by atoms with E-state index in [9.17, 15) is 13.2 Å². The summed E-state index contributed by atoms with van der Waals surface area (Å²) in [6, 6.07) is 12.1. The molecule has 0 bridgehead atoms. The van der Waals surface area contributed by atoms with Gasteiger partial charge in [0.1, 0.15) is 12.7 Å². The summed E-state index contributed by atoms with van der Waals surface area (Å²) < 4.78 is 54.9. The molecule has 10 nitrogen and oxygen atoms in total. The minimum Gasteiger partial charge on any atom is -0.475 e. The Morgan fingerprint density at radius 1 is 1.12 bits per heavy atom. The van der Waals surface area contributed by atoms with Crippen LogP contribution in [0.3, 0.4) is 0 Å². The summed E-state index contributed by atoms with van der Waals surface area (Å²) in [7, 11) is -2.65. The van der Waals surface area contributed by atoms with Crippen LogP contribution in [0.5, 0.6) is 5.88 Å². The fourth-order valence-electron chi connectivity index (χ4n) is 6.03. The van der Waals surface area contributed by atoms with E-state index in [-0.39, 0.29) is 38.1 Å². The smallest absolute Gasteiger partial charge is 0.328 e. The van der Waals surface area contributed by atoms with Crippen molar-refractivity contribution < 1.29 is 36.9 Å². The van der Waals surface area contributed by atoms with E-state index in [2.05, 4.69) is 25.1 Å². The van der Waals surface area contributed by atoms with Gasteiger partial charge in [0.05, 0.1) is 19.4 Å². The molecule has 3 fully saturated rings. The highest BCUT2D eigenvalue weighted by Gasteiger charge is 2.55. The Kier molecular flexibility index (Phi) is 8.73. The topological polar surface area (TPSA) is 113 Å². The summed E-state index contributed by atoms with van der Waals surface area (Å²) in [6.45, 7) is 7.85. The predicted octanol–water partition coefficient (Wildman–Crippen LogP) is 3.82. The normalized spacial score (nSPS) is 23.3. The lowest BCUT2D eigenvalue weighted by molar-refractivity contribution is -0.146. The molecule has 11 heteroatoms. The third kappa shape index (κ3) is 6.15. The number of esters is 1. The highest BCUT2D eigenvalue weighted by molar-refractivity contribution is 7.91. The first-order valence-corrected chi connectivity index (χ1v) is 15.7. The Balaban J connectivity index is 1.23. The molecule has 2 aromatic rings. The zero-order valence-corrected chi connectivity index (χ0v) is 25.1. The van der Waals surface area contributed by atoms with Crippen LogP contribution in [0.4, 0.5) is 0 Å². The summed E-state index contributed by atoms with van der Waals surface area (Å²) >= 11 is 0. The maximum atomic E-state index is 13.7. The fraction of sp³-hybridized carbons (Fsp3) is 0.600. The number of pyridine rings is 1. The molecule has 1 atom stereocenters. The number of benzene rings is 1. The van der Waals surface area contributed by atoms with Crippen molar-refractivity contribution in [1.82, 2.24) is 9.29 Å². The number of ether oxygens (including phenoxy) is 5. The Morgan fingerprint density at radius 2 is 1.85 bits per heavy atom. The quantitative estimate of drug-likeness (QED) is 0.425. The first kappa shape index (κ1) is 29.9. The van der Waals surface area contributed by atoms with Crippen molar-refractivity contribution in [2.45, 2.75) is 69.0 Å². The van der Waals surface area contributed by atoms with Gasteiger partial charge in [-0.05, 0) is 56.7 Å². The molecule has 1 aromatic carbocycles. The number of carbonyl (C=O) groups is 1. The van der Waals surface area contributed by atoms with Crippen molar-refractivity contribution in [2.24, 2.45) is 0 Å². The van der Waals surface area contributed by atoms with Gasteiger partial charge in [0.15, 0.2) is 10.5 Å². The van der Waals surface area contributed by atoms with Crippen LogP contribution in [-0.2, 0) is 33.8 Å². The number of sulfonamides is 1. The van der Waals surface area contributed by atoms with E-state index in [1.54, 1.807) is 0 Å². The van der Waals surface area contributed by atoms with Crippen molar-refractivity contribution >= 4 is 16.0 Å². The second-order valence-electron chi connectivity index (χ2n) is 11.5. The third-order valence-electron chi connectivity index (χ3n) is 8.35. The molecular formula is C30H40N2O8S. The minimum atomic E-state index is -3.89. The number of hydrogen-bond donors (Lipinski definition) is 0. The summed E-state index contributed by atoms with van der Waals surface area (Å²) in [5.74, 6) is -0.536. The number of methoxy groups -OCH3 is 1. The second kappa shape index (κ2) is 12.0. The molecule has 0 amide bonds. The zero-order chi connectivity index (χ0) is 29.3. The van der Waals surface area contributed by atoms with Crippen LogP contribution in [0.15, 0.2) is 36.4 Å². The largest absolute Gasteiger partial charge is 0.475 e. The van der Waals surface area contributed by atoms with Crippen LogP contribution in [0.25, 0.3) is 11.3 Å². The average Bonchev–Trinajstić information content (AvgIpc) is 3.34. The number of rotatable bonds is 8. The number of carbonyl (C=O) groups excluding carboxylic acids is 1. The molecule has 3 aliphatic heterocycles. The highest BCUT2D eigenvalue weighted by Crippen LogP contribution is 2.38. The van der Waals surface area contributed by atoms with Gasteiger partial charge in [-0.3, -0.25) is 4.79 Å². The molecule has 0 N–H and O–H groups in total. The van der Waals surface area contributed by atoms with Crippen molar-refractivity contribution in [3.05, 3.63) is 47.5 Å². The fourth-order valence-corrected chi connectivity index (χ4v) is 8.19. The molecule has 0 saturated carbocycles. The van der Waals surface area contributed by atoms with Crippen LogP contribution in [0, 0.1) is 6.92 Å². The highest BCUT2D eigenvalue weighted by atomic mass is 32.2. The zero-order valence-electron chi connectivity index (χ0n) is 24.3. The van der Waals surface area contributed by atoms with Gasteiger partial charge in [-0.1, -0.05) is 24.3 Å². The summed E-state index contributed by atoms with van der Waals surface area (Å²) in [5, 5.41) is 0. The van der Waals surface area contributed by atoms with E-state index in [0.717, 1.165) is 16.8 Å². The molecule has 0 unspecified atom stereocenters. The van der Waals surface area contributed by atoms with Crippen LogP contribution in [0.2, 0.25) is 0 Å². The number of aryl methyl sites for hydroxylation is 1. The van der Waals surface area contributed by atoms with E-state index in [4.69, 9.17) is 28.7 Å². The Labute approximate surface area is 242 Å². The lowest BCUT2D eigenvalue weighted by atomic mass is 9.88. The lowest BCUT2D eigenvalue weighted by Crippen LogP contribution is -2.57. The van der Waals surface area contributed by atoms with E-state index in [0.29, 0.717) is 45.0 Å². The standard InChI is InChI=1S/C30H40N2O8S/c1-21-18-23(8-9-25(21)26-6-5-7-27(31-26)38-19-24-20-39-29(2,3)40-24)22-10-14-32(15-11-22)41(34,35)30(28(33)36-4)12-16-37-17-13-30/h5-9,18,22,24H,10-17,19-20H2,1-4H3/t24-/m1/s1. The maximum Gasteiger partial charge on any atom is 0.328 e. The molecule has 5 rings (SSSR count). The monoisotopic (exact) mass is 588 g/mol. The Morgan fingerprint density at radius 3 is 2.49 bits per heavy atom. The molecule has 4 heterocycles. The van der Waals surface area contributed by atoms with Gasteiger partial charge in [-0.25, -0.2) is 17.7 Å². The molecular weight excluding hydrogens is 548 g/mol. The van der Waals surface area contributed by atoms with Crippen LogP contribution < -0.4 is 4.74 Å². The Bertz CT molecular complexity index is 1350. The number of hydrogen-bond acceptors (Lipinski definition) is 9. The van der Waals surface area contributed by atoms with Crippen molar-refractivity contribution in [1.29, 1.82) is 0 Å². The van der Waals surface area contributed by atoms with Gasteiger partial charge >= 0.3 is 5.97 Å². The second-order valence-corrected chi connectivity index (χ2v) is 13.7. The Hall–Kier alpha value is -2.57. The van der Waals surface area contributed by atoms with Gasteiger partial charge < -0.3 is 23.7 Å². The van der Waals surface area contributed by atoms with Gasteiger partial charge in [0, 0.05) is 50.8 Å². The average molecular weight is 589 g/mol. The van der Waals surface area contributed by atoms with E-state index >= 15 is 0 Å². The third-order valence-corrected chi connectivity index (χ3v) is 11.0. The lowest BCUT2D eigenvalue weighted by Gasteiger charge is -2.40. The van der Waals surface area contributed by atoms with Crippen molar-refractivity contribution in [2.75, 3.05) is 46.6 Å². The molecule has 41 heavy (non-hydrogen) atoms. The summed E-state index contributed by atoms with van der Waals surface area (Å²) in [5.41, 5.74) is 4.09. The van der Waals surface area contributed by atoms with E-state index in [1.165, 1.54) is 17.0 Å². The van der Waals surface area contributed by atoms with Crippen molar-refractivity contribution in [3.8, 4) is 17.1 Å². The molecule has 3 saturated heterocycles. The molecule has 0 aliphatic carbocycles. The van der Waals surface area contributed by atoms with E-state index in [1.807, 2.05) is 32.0 Å². The van der Waals surface area contributed by atoms with Gasteiger partial charge in [-0.15, -0.1) is 0 Å². The number of piperidine rings is 1. The van der Waals surface area contributed by atoms with Crippen LogP contribution in [-0.4, -0.2) is 86.9 Å². The first-order chi connectivity index (χ1) is 19.5. The molecule has 1 aromatic heterocycles. The molecule has 0 radical (unpaired) electrons. The SMILES string of the molecule is COC(=O)C1(S(=O)(=O)N2CCC(c3ccc(-c4cccc(OC[C@@H]5COC(C)(C)O5)n4)c(C)c3)CC2)CCOCC1. The number of aromatic nitrogens is 1. The van der Waals surface area contributed by atoms with Crippen LogP contribution >= 0.6 is 0 Å². The predicted molar refractivity (Wildman–Crippen MR) is 152 cm³/mol. The number of nitrogens with zero attached hydrogens (tertiary/aromatic N) is 2. The summed E-state index contributed by atoms with van der Waals surface area (Å²) in [4.78, 5) is 17.4. The molecule has 0 spiro atoms. The summed E-state index contributed by atoms with van der Waals surface area (Å²) in [6.07, 6.45) is 1.45. The van der Waals surface area contributed by atoms with Crippen molar-refractivity contribution in [3.63, 3.8) is 0 Å². The van der Waals surface area contributed by atoms with Crippen LogP contribution in [0.1, 0.15) is 56.6 Å². The minimum absolute atomic E-state index is 0.115. The van der Waals surface area contributed by atoms with E-state index < -0.39 is 26.5 Å². The van der Waals surface area contributed by atoms with Gasteiger partial charge in [0.2, 0.25) is 15.9 Å². The molecule has 3 aliphatic rings. The first-order valence-electron chi connectivity index (χ1n) is 14.2. The molecule has 224 valence electrons. The maximum absolute atomic E-state index is 13.7. The van der Waals surface area contributed by atoms with Gasteiger partial charge in [-0.2, -0.15) is 0 Å².